The van der Waals surface area contributed by atoms with Crippen LogP contribution in [0.15, 0.2) is 48.5 Å². The van der Waals surface area contributed by atoms with Crippen LogP contribution >= 0.6 is 0 Å². The highest BCUT2D eigenvalue weighted by Gasteiger charge is 2.09. The van der Waals surface area contributed by atoms with E-state index in [0.29, 0.717) is 12.3 Å². The standard InChI is InChI=1S/C19H24N2O3/c1-4-24-18-10-6-8-16(13-18)21-19(22)20-14(2)11-15-7-5-9-17(12-15)23-3/h5-10,12-14H,4,11H2,1-3H3,(H2,20,21,22). The van der Waals surface area contributed by atoms with Gasteiger partial charge in [0.15, 0.2) is 0 Å². The summed E-state index contributed by atoms with van der Waals surface area (Å²) < 4.78 is 10.6. The van der Waals surface area contributed by atoms with Crippen molar-refractivity contribution < 1.29 is 14.3 Å². The first-order valence-corrected chi connectivity index (χ1v) is 8.04. The highest BCUT2D eigenvalue weighted by atomic mass is 16.5. The van der Waals surface area contributed by atoms with Crippen molar-refractivity contribution >= 4 is 11.7 Å². The smallest absolute Gasteiger partial charge is 0.319 e. The molecule has 0 spiro atoms. The topological polar surface area (TPSA) is 59.6 Å². The number of hydrogen-bond acceptors (Lipinski definition) is 3. The molecule has 2 aromatic carbocycles. The summed E-state index contributed by atoms with van der Waals surface area (Å²) in [6, 6.07) is 14.9. The second-order valence-electron chi connectivity index (χ2n) is 5.52. The molecule has 0 radical (unpaired) electrons. The summed E-state index contributed by atoms with van der Waals surface area (Å²) in [7, 11) is 1.64. The van der Waals surface area contributed by atoms with Crippen LogP contribution in [-0.2, 0) is 6.42 Å². The van der Waals surface area contributed by atoms with E-state index in [9.17, 15) is 4.79 Å². The predicted octanol–water partition coefficient (Wildman–Crippen LogP) is 3.85. The first-order valence-electron chi connectivity index (χ1n) is 8.04. The number of hydrogen-bond donors (Lipinski definition) is 2. The lowest BCUT2D eigenvalue weighted by Gasteiger charge is -2.15. The van der Waals surface area contributed by atoms with E-state index in [1.165, 1.54) is 0 Å². The van der Waals surface area contributed by atoms with E-state index in [0.717, 1.165) is 23.5 Å². The average molecular weight is 328 g/mol. The van der Waals surface area contributed by atoms with Gasteiger partial charge in [0.05, 0.1) is 13.7 Å². The Balaban J connectivity index is 1.88. The molecule has 5 heteroatoms. The van der Waals surface area contributed by atoms with E-state index < -0.39 is 0 Å². The molecule has 2 N–H and O–H groups in total. The third-order valence-corrected chi connectivity index (χ3v) is 3.46. The Bertz CT molecular complexity index is 673. The minimum atomic E-state index is -0.237. The van der Waals surface area contributed by atoms with Gasteiger partial charge in [0.2, 0.25) is 0 Å². The SMILES string of the molecule is CCOc1cccc(NC(=O)NC(C)Cc2cccc(OC)c2)c1. The quantitative estimate of drug-likeness (QED) is 0.812. The lowest BCUT2D eigenvalue weighted by atomic mass is 10.1. The monoisotopic (exact) mass is 328 g/mol. The van der Waals surface area contributed by atoms with E-state index in [-0.39, 0.29) is 12.1 Å². The Labute approximate surface area is 143 Å². The van der Waals surface area contributed by atoms with E-state index in [4.69, 9.17) is 9.47 Å². The van der Waals surface area contributed by atoms with Gasteiger partial charge in [0.1, 0.15) is 11.5 Å². The number of carbonyl (C=O) groups is 1. The van der Waals surface area contributed by atoms with Crippen molar-refractivity contribution in [1.82, 2.24) is 5.32 Å². The van der Waals surface area contributed by atoms with Gasteiger partial charge in [0.25, 0.3) is 0 Å². The maximum Gasteiger partial charge on any atom is 0.319 e. The fraction of sp³-hybridized carbons (Fsp3) is 0.316. The molecule has 0 heterocycles. The zero-order chi connectivity index (χ0) is 17.4. The van der Waals surface area contributed by atoms with Gasteiger partial charge in [-0.15, -0.1) is 0 Å². The van der Waals surface area contributed by atoms with Crippen LogP contribution in [0.4, 0.5) is 10.5 Å². The number of amides is 2. The second-order valence-corrected chi connectivity index (χ2v) is 5.52. The van der Waals surface area contributed by atoms with Gasteiger partial charge in [-0.05, 0) is 50.1 Å². The molecule has 1 atom stereocenters. The highest BCUT2D eigenvalue weighted by molar-refractivity contribution is 5.89. The molecule has 0 aliphatic carbocycles. The molecule has 2 amide bonds. The normalized spacial score (nSPS) is 11.5. The van der Waals surface area contributed by atoms with E-state index >= 15 is 0 Å². The summed E-state index contributed by atoms with van der Waals surface area (Å²) in [5.41, 5.74) is 1.81. The Kier molecular flexibility index (Phi) is 6.49. The van der Waals surface area contributed by atoms with Crippen LogP contribution in [0, 0.1) is 0 Å². The molecular formula is C19H24N2O3. The van der Waals surface area contributed by atoms with Gasteiger partial charge in [0, 0.05) is 17.8 Å². The Hall–Kier alpha value is -2.69. The minimum Gasteiger partial charge on any atom is -0.497 e. The zero-order valence-corrected chi connectivity index (χ0v) is 14.3. The number of nitrogens with one attached hydrogen (secondary N) is 2. The van der Waals surface area contributed by atoms with Gasteiger partial charge in [-0.25, -0.2) is 4.79 Å². The number of ether oxygens (including phenoxy) is 2. The van der Waals surface area contributed by atoms with Crippen molar-refractivity contribution in [2.75, 3.05) is 19.0 Å². The summed E-state index contributed by atoms with van der Waals surface area (Å²) in [5.74, 6) is 1.55. The van der Waals surface area contributed by atoms with Crippen molar-refractivity contribution in [3.05, 3.63) is 54.1 Å². The summed E-state index contributed by atoms with van der Waals surface area (Å²) in [4.78, 5) is 12.1. The van der Waals surface area contributed by atoms with Gasteiger partial charge in [-0.3, -0.25) is 0 Å². The van der Waals surface area contributed by atoms with Crippen LogP contribution in [0.25, 0.3) is 0 Å². The maximum atomic E-state index is 12.1. The summed E-state index contributed by atoms with van der Waals surface area (Å²) >= 11 is 0. The van der Waals surface area contributed by atoms with Crippen LogP contribution in [0.2, 0.25) is 0 Å². The van der Waals surface area contributed by atoms with Crippen LogP contribution in [0.3, 0.4) is 0 Å². The Morgan fingerprint density at radius 3 is 2.62 bits per heavy atom. The lowest BCUT2D eigenvalue weighted by molar-refractivity contribution is 0.249. The van der Waals surface area contributed by atoms with Crippen LogP contribution in [-0.4, -0.2) is 25.8 Å². The molecule has 0 saturated heterocycles. The van der Waals surface area contributed by atoms with Crippen molar-refractivity contribution in [2.24, 2.45) is 0 Å². The number of anilines is 1. The number of carbonyl (C=O) groups excluding carboxylic acids is 1. The van der Waals surface area contributed by atoms with Gasteiger partial charge < -0.3 is 20.1 Å². The van der Waals surface area contributed by atoms with E-state index in [2.05, 4.69) is 10.6 Å². The third kappa shape index (κ3) is 5.50. The summed E-state index contributed by atoms with van der Waals surface area (Å²) in [5, 5.41) is 5.76. The molecule has 2 rings (SSSR count). The first-order chi connectivity index (χ1) is 11.6. The molecule has 24 heavy (non-hydrogen) atoms. The largest absolute Gasteiger partial charge is 0.497 e. The van der Waals surface area contributed by atoms with Crippen LogP contribution in [0.1, 0.15) is 19.4 Å². The maximum absolute atomic E-state index is 12.1. The number of methoxy groups -OCH3 is 1. The fourth-order valence-electron chi connectivity index (χ4n) is 2.43. The third-order valence-electron chi connectivity index (χ3n) is 3.46. The van der Waals surface area contributed by atoms with Gasteiger partial charge in [-0.2, -0.15) is 0 Å². The molecule has 128 valence electrons. The Morgan fingerprint density at radius 2 is 1.88 bits per heavy atom. The number of rotatable bonds is 7. The summed E-state index contributed by atoms with van der Waals surface area (Å²) in [6.45, 7) is 4.48. The second kappa shape index (κ2) is 8.82. The molecule has 0 bridgehead atoms. The molecular weight excluding hydrogens is 304 g/mol. The molecule has 0 fully saturated rings. The molecule has 0 aliphatic heterocycles. The summed E-state index contributed by atoms with van der Waals surface area (Å²) in [6.07, 6.45) is 0.726. The fourth-order valence-corrected chi connectivity index (χ4v) is 2.43. The molecule has 0 aromatic heterocycles. The first kappa shape index (κ1) is 17.7. The van der Waals surface area contributed by atoms with Crippen LogP contribution in [0.5, 0.6) is 11.5 Å². The van der Waals surface area contributed by atoms with Gasteiger partial charge in [-0.1, -0.05) is 18.2 Å². The number of urea groups is 1. The van der Waals surface area contributed by atoms with Crippen molar-refractivity contribution in [3.8, 4) is 11.5 Å². The predicted molar refractivity (Wildman–Crippen MR) is 95.9 cm³/mol. The molecule has 2 aromatic rings. The highest BCUT2D eigenvalue weighted by Crippen LogP contribution is 2.17. The van der Waals surface area contributed by atoms with Crippen molar-refractivity contribution in [1.29, 1.82) is 0 Å². The van der Waals surface area contributed by atoms with Crippen LogP contribution < -0.4 is 20.1 Å². The van der Waals surface area contributed by atoms with Crippen molar-refractivity contribution in [3.63, 3.8) is 0 Å². The van der Waals surface area contributed by atoms with E-state index in [1.54, 1.807) is 13.2 Å². The molecule has 5 nitrogen and oxygen atoms in total. The van der Waals surface area contributed by atoms with E-state index in [1.807, 2.05) is 56.3 Å². The van der Waals surface area contributed by atoms with Gasteiger partial charge >= 0.3 is 6.03 Å². The zero-order valence-electron chi connectivity index (χ0n) is 14.3. The lowest BCUT2D eigenvalue weighted by Crippen LogP contribution is -2.37. The molecule has 0 aliphatic rings. The number of benzene rings is 2. The Morgan fingerprint density at radius 1 is 1.12 bits per heavy atom. The minimum absolute atomic E-state index is 0.00724. The molecule has 1 unspecified atom stereocenters. The average Bonchev–Trinajstić information content (AvgIpc) is 2.55. The molecule has 0 saturated carbocycles. The van der Waals surface area contributed by atoms with Crippen molar-refractivity contribution in [2.45, 2.75) is 26.3 Å².